The molecule has 1 saturated carbocycles. The second-order valence-corrected chi connectivity index (χ2v) is 3.36. The molecule has 0 spiro atoms. The minimum atomic E-state index is 0.297. The molecule has 0 bridgehead atoms. The lowest BCUT2D eigenvalue weighted by Gasteiger charge is -2.26. The largest absolute Gasteiger partial charge is 0.206 e. The highest BCUT2D eigenvalue weighted by Gasteiger charge is 2.28. The lowest BCUT2D eigenvalue weighted by atomic mass is 9.85. The summed E-state index contributed by atoms with van der Waals surface area (Å²) in [5.74, 6) is 0.672. The van der Waals surface area contributed by atoms with Gasteiger partial charge in [-0.25, -0.2) is 9.78 Å². The van der Waals surface area contributed by atoms with Crippen LogP contribution in [-0.4, -0.2) is 12.7 Å². The first-order chi connectivity index (χ1) is 5.47. The van der Waals surface area contributed by atoms with E-state index in [1.165, 1.54) is 19.3 Å². The van der Waals surface area contributed by atoms with Gasteiger partial charge in [-0.1, -0.05) is 17.9 Å². The van der Waals surface area contributed by atoms with Crippen LogP contribution >= 0.6 is 0 Å². The first-order valence-corrected chi connectivity index (χ1v) is 4.42. The van der Waals surface area contributed by atoms with Crippen LogP contribution in [0.15, 0.2) is 0 Å². The van der Waals surface area contributed by atoms with Gasteiger partial charge in [0.25, 0.3) is 0 Å². The van der Waals surface area contributed by atoms with Crippen molar-refractivity contribution >= 4 is 0 Å². The lowest BCUT2D eigenvalue weighted by molar-refractivity contribution is -0.520. The third-order valence-corrected chi connectivity index (χ3v) is 2.62. The molecule has 1 aliphatic heterocycles. The van der Waals surface area contributed by atoms with Crippen LogP contribution in [0.3, 0.4) is 0 Å². The maximum atomic E-state index is 5.08. The zero-order valence-corrected chi connectivity index (χ0v) is 6.62. The van der Waals surface area contributed by atoms with Crippen molar-refractivity contribution in [3.05, 3.63) is 0 Å². The molecule has 3 heteroatoms. The van der Waals surface area contributed by atoms with Gasteiger partial charge in [0, 0.05) is 0 Å². The summed E-state index contributed by atoms with van der Waals surface area (Å²) in [5.41, 5.74) is 0. The summed E-state index contributed by atoms with van der Waals surface area (Å²) in [6.07, 6.45) is 6.40. The maximum absolute atomic E-state index is 5.08. The second kappa shape index (κ2) is 3.52. The van der Waals surface area contributed by atoms with Crippen molar-refractivity contribution in [2.45, 2.75) is 38.2 Å². The van der Waals surface area contributed by atoms with E-state index in [9.17, 15) is 0 Å². The van der Waals surface area contributed by atoms with E-state index in [4.69, 9.17) is 9.78 Å². The topological polar surface area (TPSA) is 27.7 Å². The Morgan fingerprint density at radius 3 is 2.91 bits per heavy atom. The van der Waals surface area contributed by atoms with Crippen LogP contribution in [0, 0.1) is 5.92 Å². The zero-order chi connectivity index (χ0) is 7.52. The molecule has 3 nitrogen and oxygen atoms in total. The van der Waals surface area contributed by atoms with E-state index in [0.29, 0.717) is 18.6 Å². The summed E-state index contributed by atoms with van der Waals surface area (Å²) in [4.78, 5) is 9.85. The van der Waals surface area contributed by atoms with Crippen LogP contribution < -0.4 is 0 Å². The molecular weight excluding hydrogens is 144 g/mol. The zero-order valence-electron chi connectivity index (χ0n) is 6.62. The Kier molecular flexibility index (Phi) is 2.41. The summed E-state index contributed by atoms with van der Waals surface area (Å²) in [6.45, 7) is 0.682. The summed E-state index contributed by atoms with van der Waals surface area (Å²) in [7, 11) is 0. The summed E-state index contributed by atoms with van der Waals surface area (Å²) in [5, 5.41) is 4.56. The van der Waals surface area contributed by atoms with E-state index in [1.807, 2.05) is 0 Å². The number of rotatable bonds is 0. The van der Waals surface area contributed by atoms with Crippen molar-refractivity contribution in [1.82, 2.24) is 0 Å². The molecule has 2 rings (SSSR count). The molecule has 0 aromatic carbocycles. The van der Waals surface area contributed by atoms with E-state index < -0.39 is 0 Å². The van der Waals surface area contributed by atoms with Crippen LogP contribution in [0.25, 0.3) is 0 Å². The molecular formula is C8H14O3. The molecule has 1 saturated heterocycles. The predicted octanol–water partition coefficient (Wildman–Crippen LogP) is 1.83. The number of hydrogen-bond acceptors (Lipinski definition) is 3. The van der Waals surface area contributed by atoms with Crippen molar-refractivity contribution in [2.75, 3.05) is 6.61 Å². The minimum absolute atomic E-state index is 0.297. The Morgan fingerprint density at radius 2 is 1.91 bits per heavy atom. The Hall–Kier alpha value is -0.120. The van der Waals surface area contributed by atoms with Crippen molar-refractivity contribution < 1.29 is 14.8 Å². The third kappa shape index (κ3) is 1.72. The van der Waals surface area contributed by atoms with E-state index >= 15 is 0 Å². The molecule has 2 fully saturated rings. The molecule has 0 unspecified atom stereocenters. The first-order valence-electron chi connectivity index (χ1n) is 4.42. The SMILES string of the molecule is C1CC[C@H]2OOOCC[C@@H]2C1. The monoisotopic (exact) mass is 158 g/mol. The van der Waals surface area contributed by atoms with Crippen LogP contribution in [0.4, 0.5) is 0 Å². The molecule has 1 aliphatic carbocycles. The Morgan fingerprint density at radius 1 is 1.00 bits per heavy atom. The van der Waals surface area contributed by atoms with Gasteiger partial charge in [0.05, 0.1) is 12.7 Å². The average Bonchev–Trinajstić information content (AvgIpc) is 2.28. The minimum Gasteiger partial charge on any atom is -0.206 e. The lowest BCUT2D eigenvalue weighted by Crippen LogP contribution is -2.25. The quantitative estimate of drug-likeness (QED) is 0.503. The van der Waals surface area contributed by atoms with Crippen LogP contribution in [0.5, 0.6) is 0 Å². The molecule has 2 aliphatic rings. The van der Waals surface area contributed by atoms with E-state index in [0.717, 1.165) is 12.8 Å². The summed E-state index contributed by atoms with van der Waals surface area (Å²) in [6, 6.07) is 0. The van der Waals surface area contributed by atoms with Crippen LogP contribution in [-0.2, 0) is 14.8 Å². The van der Waals surface area contributed by atoms with Gasteiger partial charge in [0.1, 0.15) is 0 Å². The van der Waals surface area contributed by atoms with Gasteiger partial charge in [0.15, 0.2) is 0 Å². The highest BCUT2D eigenvalue weighted by atomic mass is 17.5. The fraction of sp³-hybridized carbons (Fsp3) is 1.00. The van der Waals surface area contributed by atoms with E-state index in [-0.39, 0.29) is 0 Å². The highest BCUT2D eigenvalue weighted by Crippen LogP contribution is 2.30. The first kappa shape index (κ1) is 7.53. The molecule has 2 atom stereocenters. The molecule has 64 valence electrons. The fourth-order valence-electron chi connectivity index (χ4n) is 1.94. The molecule has 1 heterocycles. The van der Waals surface area contributed by atoms with E-state index in [1.54, 1.807) is 0 Å². The van der Waals surface area contributed by atoms with Crippen molar-refractivity contribution in [3.63, 3.8) is 0 Å². The van der Waals surface area contributed by atoms with Gasteiger partial charge < -0.3 is 0 Å². The molecule has 11 heavy (non-hydrogen) atoms. The number of fused-ring (bicyclic) bond motifs is 1. The normalized spacial score (nSPS) is 39.3. The predicted molar refractivity (Wildman–Crippen MR) is 38.5 cm³/mol. The van der Waals surface area contributed by atoms with Gasteiger partial charge in [-0.05, 0) is 25.2 Å². The Balaban J connectivity index is 1.93. The van der Waals surface area contributed by atoms with Crippen molar-refractivity contribution in [3.8, 4) is 0 Å². The molecule has 0 amide bonds. The van der Waals surface area contributed by atoms with Crippen molar-refractivity contribution in [1.29, 1.82) is 0 Å². The van der Waals surface area contributed by atoms with Gasteiger partial charge in [-0.2, -0.15) is 0 Å². The molecule has 0 aromatic rings. The van der Waals surface area contributed by atoms with Crippen LogP contribution in [0.1, 0.15) is 32.1 Å². The molecule has 0 N–H and O–H groups in total. The highest BCUT2D eigenvalue weighted by molar-refractivity contribution is 4.75. The Bertz CT molecular complexity index is 113. The molecule has 0 radical (unpaired) electrons. The summed E-state index contributed by atoms with van der Waals surface area (Å²) < 4.78 is 0. The average molecular weight is 158 g/mol. The molecule has 0 aromatic heterocycles. The smallest absolute Gasteiger partial charge is 0.0990 e. The third-order valence-electron chi connectivity index (χ3n) is 2.62. The van der Waals surface area contributed by atoms with Gasteiger partial charge in [-0.15, -0.1) is 0 Å². The van der Waals surface area contributed by atoms with E-state index in [2.05, 4.69) is 5.04 Å². The van der Waals surface area contributed by atoms with Crippen molar-refractivity contribution in [2.24, 2.45) is 5.92 Å². The fourth-order valence-corrected chi connectivity index (χ4v) is 1.94. The van der Waals surface area contributed by atoms with Crippen LogP contribution in [0.2, 0.25) is 0 Å². The second-order valence-electron chi connectivity index (χ2n) is 3.36. The maximum Gasteiger partial charge on any atom is 0.0990 e. The standard InChI is InChI=1S/C8H14O3/c1-2-4-8-7(3-1)5-6-9-11-10-8/h7-8H,1-6H2/t7-,8+/m0/s1. The van der Waals surface area contributed by atoms with Gasteiger partial charge in [0.2, 0.25) is 0 Å². The van der Waals surface area contributed by atoms with Gasteiger partial charge in [-0.3, -0.25) is 0 Å². The Labute approximate surface area is 66.5 Å². The summed E-state index contributed by atoms with van der Waals surface area (Å²) >= 11 is 0. The number of hydrogen-bond donors (Lipinski definition) is 0. The van der Waals surface area contributed by atoms with Gasteiger partial charge >= 0.3 is 0 Å².